The zero-order valence-electron chi connectivity index (χ0n) is 18.9. The van der Waals surface area contributed by atoms with Gasteiger partial charge in [0.25, 0.3) is 5.91 Å². The highest BCUT2D eigenvalue weighted by Crippen LogP contribution is 2.31. The largest absolute Gasteiger partial charge is 0.495 e. The maximum absolute atomic E-state index is 12.4. The van der Waals surface area contributed by atoms with Crippen molar-refractivity contribution < 1.29 is 27.4 Å². The van der Waals surface area contributed by atoms with E-state index in [1.54, 1.807) is 36.4 Å². The van der Waals surface area contributed by atoms with Crippen molar-refractivity contribution >= 4 is 27.8 Å². The molecule has 0 heterocycles. The molecular formula is C22H29N3O6S. The van der Waals surface area contributed by atoms with Crippen LogP contribution in [0, 0.1) is 6.92 Å². The molecule has 0 unspecified atom stereocenters. The van der Waals surface area contributed by atoms with Gasteiger partial charge in [0.2, 0.25) is 10.0 Å². The minimum Gasteiger partial charge on any atom is -0.495 e. The van der Waals surface area contributed by atoms with Gasteiger partial charge in [0.05, 0.1) is 38.5 Å². The van der Waals surface area contributed by atoms with Crippen LogP contribution < -0.4 is 23.9 Å². The van der Waals surface area contributed by atoms with Crippen LogP contribution in [0.3, 0.4) is 0 Å². The molecule has 174 valence electrons. The third-order valence-electron chi connectivity index (χ3n) is 4.26. The van der Waals surface area contributed by atoms with Crippen LogP contribution in [-0.4, -0.2) is 53.7 Å². The van der Waals surface area contributed by atoms with Crippen molar-refractivity contribution in [1.82, 2.24) is 5.43 Å². The van der Waals surface area contributed by atoms with Gasteiger partial charge in [-0.2, -0.15) is 5.10 Å². The molecule has 0 fully saturated rings. The molecule has 0 saturated carbocycles. The Kier molecular flexibility index (Phi) is 8.89. The highest BCUT2D eigenvalue weighted by atomic mass is 32.2. The number of rotatable bonds is 11. The lowest BCUT2D eigenvalue weighted by molar-refractivity contribution is -0.119. The van der Waals surface area contributed by atoms with Crippen LogP contribution in [0.4, 0.5) is 5.69 Å². The molecule has 0 bridgehead atoms. The second-order valence-corrected chi connectivity index (χ2v) is 8.72. The van der Waals surface area contributed by atoms with Crippen molar-refractivity contribution in [3.63, 3.8) is 0 Å². The van der Waals surface area contributed by atoms with E-state index in [-0.39, 0.29) is 5.69 Å². The lowest BCUT2D eigenvalue weighted by Gasteiger charge is -2.23. The molecule has 1 amide bonds. The molecule has 0 saturated heterocycles. The minimum atomic E-state index is -3.75. The lowest BCUT2D eigenvalue weighted by Crippen LogP contribution is -2.39. The first-order valence-electron chi connectivity index (χ1n) is 10.0. The van der Waals surface area contributed by atoms with E-state index in [9.17, 15) is 13.2 Å². The summed E-state index contributed by atoms with van der Waals surface area (Å²) in [4.78, 5) is 12.4. The van der Waals surface area contributed by atoms with Gasteiger partial charge in [0, 0.05) is 0 Å². The van der Waals surface area contributed by atoms with Crippen LogP contribution in [0.5, 0.6) is 17.2 Å². The molecule has 9 nitrogen and oxygen atoms in total. The Labute approximate surface area is 189 Å². The Morgan fingerprint density at radius 2 is 1.72 bits per heavy atom. The fraction of sp³-hybridized carbons (Fsp3) is 0.364. The predicted molar refractivity (Wildman–Crippen MR) is 124 cm³/mol. The molecule has 2 aromatic carbocycles. The van der Waals surface area contributed by atoms with Gasteiger partial charge in [-0.05, 0) is 62.2 Å². The molecule has 2 aromatic rings. The normalized spacial score (nSPS) is 11.3. The van der Waals surface area contributed by atoms with Crippen molar-refractivity contribution in [3.05, 3.63) is 47.5 Å². The lowest BCUT2D eigenvalue weighted by atomic mass is 10.2. The van der Waals surface area contributed by atoms with E-state index >= 15 is 0 Å². The van der Waals surface area contributed by atoms with Crippen LogP contribution in [0.2, 0.25) is 0 Å². The number of amides is 1. The number of nitrogens with zero attached hydrogens (tertiary/aromatic N) is 2. The molecule has 0 aromatic heterocycles. The van der Waals surface area contributed by atoms with Gasteiger partial charge in [0.15, 0.2) is 11.5 Å². The summed E-state index contributed by atoms with van der Waals surface area (Å²) in [5, 5.41) is 3.93. The summed E-state index contributed by atoms with van der Waals surface area (Å²) in [6.07, 6.45) is 2.47. The fourth-order valence-corrected chi connectivity index (χ4v) is 3.72. The molecule has 0 atom stereocenters. The van der Waals surface area contributed by atoms with Crippen LogP contribution in [-0.2, 0) is 14.8 Å². The van der Waals surface area contributed by atoms with E-state index in [0.29, 0.717) is 36.0 Å². The molecule has 0 aliphatic heterocycles. The van der Waals surface area contributed by atoms with Gasteiger partial charge in [-0.15, -0.1) is 0 Å². The molecule has 2 rings (SSSR count). The number of hydrazone groups is 1. The Balaban J connectivity index is 2.15. The first-order chi connectivity index (χ1) is 15.2. The number of benzene rings is 2. The standard InChI is InChI=1S/C22H29N3O6S/c1-6-30-20-11-9-17(13-21(20)31-7-2)14-23-24-22(26)15-25(32(5,27)28)18-12-16(3)8-10-19(18)29-4/h8-14H,6-7,15H2,1-5H3,(H,24,26)/b23-14-. The first-order valence-corrected chi connectivity index (χ1v) is 11.9. The topological polar surface area (TPSA) is 107 Å². The van der Waals surface area contributed by atoms with Crippen molar-refractivity contribution in [2.24, 2.45) is 5.10 Å². The van der Waals surface area contributed by atoms with Gasteiger partial charge in [-0.3, -0.25) is 9.10 Å². The van der Waals surface area contributed by atoms with E-state index < -0.39 is 22.5 Å². The summed E-state index contributed by atoms with van der Waals surface area (Å²) < 4.78 is 42.0. The van der Waals surface area contributed by atoms with E-state index in [4.69, 9.17) is 14.2 Å². The van der Waals surface area contributed by atoms with Crippen LogP contribution in [0.25, 0.3) is 0 Å². The van der Waals surface area contributed by atoms with Crippen molar-refractivity contribution in [2.75, 3.05) is 37.4 Å². The third-order valence-corrected chi connectivity index (χ3v) is 5.39. The van der Waals surface area contributed by atoms with Crippen molar-refractivity contribution in [3.8, 4) is 17.2 Å². The van der Waals surface area contributed by atoms with E-state index in [1.165, 1.54) is 13.3 Å². The first kappa shape index (κ1) is 25.0. The number of hydrogen-bond donors (Lipinski definition) is 1. The van der Waals surface area contributed by atoms with Crippen LogP contribution in [0.15, 0.2) is 41.5 Å². The van der Waals surface area contributed by atoms with Gasteiger partial charge >= 0.3 is 0 Å². The number of methoxy groups -OCH3 is 1. The monoisotopic (exact) mass is 463 g/mol. The van der Waals surface area contributed by atoms with E-state index in [2.05, 4.69) is 10.5 Å². The number of aryl methyl sites for hydroxylation is 1. The minimum absolute atomic E-state index is 0.280. The molecule has 0 radical (unpaired) electrons. The number of hydrogen-bond acceptors (Lipinski definition) is 7. The number of anilines is 1. The molecule has 10 heteroatoms. The van der Waals surface area contributed by atoms with Crippen molar-refractivity contribution in [2.45, 2.75) is 20.8 Å². The molecule has 0 aliphatic rings. The Morgan fingerprint density at radius 1 is 1.06 bits per heavy atom. The van der Waals surface area contributed by atoms with Gasteiger partial charge in [-0.1, -0.05) is 6.07 Å². The average Bonchev–Trinajstić information content (AvgIpc) is 2.73. The number of sulfonamides is 1. The van der Waals surface area contributed by atoms with Crippen LogP contribution in [0.1, 0.15) is 25.0 Å². The van der Waals surface area contributed by atoms with Crippen LogP contribution >= 0.6 is 0 Å². The second kappa shape index (κ2) is 11.4. The zero-order chi connectivity index (χ0) is 23.7. The number of carbonyl (C=O) groups is 1. The second-order valence-electron chi connectivity index (χ2n) is 6.81. The number of carbonyl (C=O) groups excluding carboxylic acids is 1. The quantitative estimate of drug-likeness (QED) is 0.406. The Hall–Kier alpha value is -3.27. The average molecular weight is 464 g/mol. The predicted octanol–water partition coefficient (Wildman–Crippen LogP) is 2.72. The Bertz CT molecular complexity index is 1070. The SMILES string of the molecule is CCOc1ccc(/C=N\NC(=O)CN(c2cc(C)ccc2OC)S(C)(=O)=O)cc1OCC. The van der Waals surface area contributed by atoms with Crippen molar-refractivity contribution in [1.29, 1.82) is 0 Å². The summed E-state index contributed by atoms with van der Waals surface area (Å²) in [7, 11) is -2.31. The zero-order valence-corrected chi connectivity index (χ0v) is 19.7. The highest BCUT2D eigenvalue weighted by Gasteiger charge is 2.24. The summed E-state index contributed by atoms with van der Waals surface area (Å²) >= 11 is 0. The molecule has 32 heavy (non-hydrogen) atoms. The summed E-state index contributed by atoms with van der Waals surface area (Å²) in [6, 6.07) is 10.4. The summed E-state index contributed by atoms with van der Waals surface area (Å²) in [5.41, 5.74) is 4.14. The smallest absolute Gasteiger partial charge is 0.260 e. The van der Waals surface area contributed by atoms with E-state index in [1.807, 2.05) is 20.8 Å². The summed E-state index contributed by atoms with van der Waals surface area (Å²) in [5.74, 6) is 0.923. The van der Waals surface area contributed by atoms with Gasteiger partial charge in [-0.25, -0.2) is 13.8 Å². The third kappa shape index (κ3) is 6.88. The number of ether oxygens (including phenoxy) is 3. The molecular weight excluding hydrogens is 434 g/mol. The summed E-state index contributed by atoms with van der Waals surface area (Å²) in [6.45, 7) is 6.10. The van der Waals surface area contributed by atoms with Gasteiger partial charge in [0.1, 0.15) is 12.3 Å². The number of nitrogens with one attached hydrogen (secondary N) is 1. The molecule has 1 N–H and O–H groups in total. The maximum Gasteiger partial charge on any atom is 0.260 e. The fourth-order valence-electron chi connectivity index (χ4n) is 2.87. The molecule has 0 aliphatic carbocycles. The van der Waals surface area contributed by atoms with E-state index in [0.717, 1.165) is 16.1 Å². The highest BCUT2D eigenvalue weighted by molar-refractivity contribution is 7.92. The van der Waals surface area contributed by atoms with Gasteiger partial charge < -0.3 is 14.2 Å². The maximum atomic E-state index is 12.4. The molecule has 0 spiro atoms. The Morgan fingerprint density at radius 3 is 2.34 bits per heavy atom.